The van der Waals surface area contributed by atoms with Crippen molar-refractivity contribution in [2.75, 3.05) is 19.0 Å². The van der Waals surface area contributed by atoms with Crippen LogP contribution in [0.1, 0.15) is 25.3 Å². The van der Waals surface area contributed by atoms with E-state index >= 15 is 0 Å². The summed E-state index contributed by atoms with van der Waals surface area (Å²) in [6, 6.07) is 19.5. The van der Waals surface area contributed by atoms with E-state index in [-0.39, 0.29) is 5.88 Å². The minimum Gasteiger partial charge on any atom is -0.496 e. The number of para-hydroxylation sites is 1. The van der Waals surface area contributed by atoms with Crippen molar-refractivity contribution >= 4 is 45.5 Å². The van der Waals surface area contributed by atoms with Crippen LogP contribution in [0.25, 0.3) is 33.1 Å². The van der Waals surface area contributed by atoms with Gasteiger partial charge in [-0.2, -0.15) is 8.75 Å². The van der Waals surface area contributed by atoms with Gasteiger partial charge in [0, 0.05) is 23.2 Å². The number of methoxy groups -OCH3 is 1. The minimum absolute atomic E-state index is 0.247. The molecule has 8 nitrogen and oxygen atoms in total. The zero-order chi connectivity index (χ0) is 25.1. The first kappa shape index (κ1) is 23.6. The number of nitrogens with one attached hydrogen (secondary N) is 1. The molecular weight excluding hydrogens is 476 g/mol. The highest BCUT2D eigenvalue weighted by Gasteiger charge is 2.24. The second-order valence-corrected chi connectivity index (χ2v) is 8.95. The molecule has 0 radical (unpaired) electrons. The number of anilines is 1. The van der Waals surface area contributed by atoms with Crippen molar-refractivity contribution in [2.45, 2.75) is 26.3 Å². The molecule has 0 amide bonds. The third-order valence-corrected chi connectivity index (χ3v) is 6.68. The summed E-state index contributed by atoms with van der Waals surface area (Å²) >= 11 is 1.15. The quantitative estimate of drug-likeness (QED) is 0.172. The SMILES string of the molecule is CCCCNc1ccc2c(c1)c(-c1ccc3nsnc3c1)c(OC(=O)O)n2Cc1ccccc1OC. The molecule has 9 heteroatoms. The molecule has 0 saturated heterocycles. The Labute approximate surface area is 212 Å². The molecule has 2 heterocycles. The second kappa shape index (κ2) is 10.2. The second-order valence-electron chi connectivity index (χ2n) is 8.43. The fourth-order valence-electron chi connectivity index (χ4n) is 4.42. The van der Waals surface area contributed by atoms with Crippen molar-refractivity contribution in [1.29, 1.82) is 0 Å². The summed E-state index contributed by atoms with van der Waals surface area (Å²) in [5.41, 5.74) is 5.76. The fraction of sp³-hybridized carbons (Fsp3) is 0.222. The van der Waals surface area contributed by atoms with Crippen LogP contribution in [-0.4, -0.2) is 38.2 Å². The summed E-state index contributed by atoms with van der Waals surface area (Å²) < 4.78 is 21.6. The predicted molar refractivity (Wildman–Crippen MR) is 142 cm³/mol. The number of fused-ring (bicyclic) bond motifs is 2. The van der Waals surface area contributed by atoms with Crippen molar-refractivity contribution in [2.24, 2.45) is 0 Å². The highest BCUT2D eigenvalue weighted by molar-refractivity contribution is 7.00. The van der Waals surface area contributed by atoms with Gasteiger partial charge in [-0.25, -0.2) is 4.79 Å². The van der Waals surface area contributed by atoms with E-state index in [1.165, 1.54) is 0 Å². The first-order valence-electron chi connectivity index (χ1n) is 11.7. The van der Waals surface area contributed by atoms with Crippen molar-refractivity contribution in [3.63, 3.8) is 0 Å². The molecule has 0 aliphatic heterocycles. The van der Waals surface area contributed by atoms with Gasteiger partial charge in [0.2, 0.25) is 5.88 Å². The third-order valence-electron chi connectivity index (χ3n) is 6.12. The summed E-state index contributed by atoms with van der Waals surface area (Å²) in [5, 5.41) is 14.1. The van der Waals surface area contributed by atoms with Crippen molar-refractivity contribution in [3.8, 4) is 22.8 Å². The normalized spacial score (nSPS) is 11.2. The smallest absolute Gasteiger partial charge is 0.496 e. The van der Waals surface area contributed by atoms with Crippen LogP contribution in [0.15, 0.2) is 60.7 Å². The Morgan fingerprint density at radius 2 is 1.92 bits per heavy atom. The minimum atomic E-state index is -1.38. The fourth-order valence-corrected chi connectivity index (χ4v) is 4.93. The van der Waals surface area contributed by atoms with E-state index in [1.807, 2.05) is 59.2 Å². The Balaban J connectivity index is 1.75. The van der Waals surface area contributed by atoms with Gasteiger partial charge in [-0.3, -0.25) is 0 Å². The van der Waals surface area contributed by atoms with E-state index in [0.717, 1.165) is 75.6 Å². The molecule has 0 aliphatic rings. The molecule has 3 aromatic carbocycles. The lowest BCUT2D eigenvalue weighted by Crippen LogP contribution is -2.10. The van der Waals surface area contributed by atoms with E-state index in [0.29, 0.717) is 12.1 Å². The van der Waals surface area contributed by atoms with E-state index in [1.54, 1.807) is 7.11 Å². The maximum atomic E-state index is 11.9. The number of nitrogens with zero attached hydrogens (tertiary/aromatic N) is 3. The topological polar surface area (TPSA) is 98.5 Å². The van der Waals surface area contributed by atoms with Gasteiger partial charge in [0.25, 0.3) is 0 Å². The number of benzene rings is 3. The number of rotatable bonds is 9. The average Bonchev–Trinajstić information content (AvgIpc) is 3.46. The van der Waals surface area contributed by atoms with Crippen LogP contribution < -0.4 is 14.8 Å². The van der Waals surface area contributed by atoms with E-state index < -0.39 is 6.16 Å². The van der Waals surface area contributed by atoms with Gasteiger partial charge >= 0.3 is 6.16 Å². The molecule has 0 aliphatic carbocycles. The maximum Gasteiger partial charge on any atom is 0.512 e. The number of hydrogen-bond donors (Lipinski definition) is 2. The molecule has 2 aromatic heterocycles. The van der Waals surface area contributed by atoms with Crippen LogP contribution in [0.3, 0.4) is 0 Å². The van der Waals surface area contributed by atoms with Gasteiger partial charge < -0.3 is 24.5 Å². The predicted octanol–water partition coefficient (Wildman–Crippen LogP) is 6.64. The van der Waals surface area contributed by atoms with E-state index in [4.69, 9.17) is 9.47 Å². The van der Waals surface area contributed by atoms with E-state index in [2.05, 4.69) is 27.1 Å². The Hall–Kier alpha value is -4.11. The van der Waals surface area contributed by atoms with Gasteiger partial charge in [0.15, 0.2) is 0 Å². The number of unbranched alkanes of at least 4 members (excludes halogenated alkanes) is 1. The lowest BCUT2D eigenvalue weighted by atomic mass is 10.0. The van der Waals surface area contributed by atoms with E-state index in [9.17, 15) is 9.90 Å². The average molecular weight is 503 g/mol. The van der Waals surface area contributed by atoms with Crippen LogP contribution in [0.5, 0.6) is 11.6 Å². The van der Waals surface area contributed by atoms with Crippen LogP contribution in [0.4, 0.5) is 10.5 Å². The molecule has 2 N–H and O–H groups in total. The molecule has 0 unspecified atom stereocenters. The molecule has 0 saturated carbocycles. The molecule has 0 bridgehead atoms. The lowest BCUT2D eigenvalue weighted by Gasteiger charge is -2.13. The summed E-state index contributed by atoms with van der Waals surface area (Å²) in [7, 11) is 1.62. The number of carbonyl (C=O) groups is 1. The number of carboxylic acid groups (broad SMARTS) is 1. The summed E-state index contributed by atoms with van der Waals surface area (Å²) in [5.74, 6) is 0.964. The maximum absolute atomic E-state index is 11.9. The highest BCUT2D eigenvalue weighted by atomic mass is 32.1. The molecule has 0 spiro atoms. The number of hydrogen-bond acceptors (Lipinski definition) is 7. The van der Waals surface area contributed by atoms with Gasteiger partial charge in [-0.1, -0.05) is 37.6 Å². The molecular formula is C27H26N4O4S. The first-order chi connectivity index (χ1) is 17.6. The van der Waals surface area contributed by atoms with Crippen LogP contribution >= 0.6 is 11.7 Å². The standard InChI is InChI=1S/C27H26N4O4S/c1-3-4-13-28-19-10-12-23-20(15-19)25(17-9-11-21-22(14-17)30-36-29-21)26(35-27(32)33)31(23)16-18-7-5-6-8-24(18)34-2/h5-12,14-15,28H,3-4,13,16H2,1-2H3,(H,32,33). The lowest BCUT2D eigenvalue weighted by molar-refractivity contribution is 0.141. The van der Waals surface area contributed by atoms with Crippen LogP contribution in [-0.2, 0) is 6.54 Å². The molecule has 0 fully saturated rings. The van der Waals surface area contributed by atoms with Crippen LogP contribution in [0, 0.1) is 0 Å². The van der Waals surface area contributed by atoms with Gasteiger partial charge in [-0.15, -0.1) is 0 Å². The third kappa shape index (κ3) is 4.57. The molecule has 36 heavy (non-hydrogen) atoms. The number of ether oxygens (including phenoxy) is 2. The zero-order valence-corrected chi connectivity index (χ0v) is 20.8. The Kier molecular flexibility index (Phi) is 6.73. The number of aromatic nitrogens is 3. The summed E-state index contributed by atoms with van der Waals surface area (Å²) in [6.07, 6.45) is 0.771. The first-order valence-corrected chi connectivity index (χ1v) is 12.5. The molecule has 5 aromatic rings. The van der Waals surface area contributed by atoms with Gasteiger partial charge in [0.1, 0.15) is 16.8 Å². The van der Waals surface area contributed by atoms with Crippen molar-refractivity contribution < 1.29 is 19.4 Å². The van der Waals surface area contributed by atoms with Gasteiger partial charge in [-0.05, 0) is 48.4 Å². The molecule has 5 rings (SSSR count). The Morgan fingerprint density at radius 1 is 1.08 bits per heavy atom. The largest absolute Gasteiger partial charge is 0.512 e. The zero-order valence-electron chi connectivity index (χ0n) is 20.0. The monoisotopic (exact) mass is 502 g/mol. The van der Waals surface area contributed by atoms with Crippen molar-refractivity contribution in [3.05, 3.63) is 66.2 Å². The van der Waals surface area contributed by atoms with Gasteiger partial charge in [0.05, 0.1) is 36.5 Å². The Morgan fingerprint density at radius 3 is 2.72 bits per heavy atom. The summed E-state index contributed by atoms with van der Waals surface area (Å²) in [6.45, 7) is 3.38. The summed E-state index contributed by atoms with van der Waals surface area (Å²) in [4.78, 5) is 11.9. The van der Waals surface area contributed by atoms with Crippen LogP contribution in [0.2, 0.25) is 0 Å². The highest BCUT2D eigenvalue weighted by Crippen LogP contribution is 2.43. The molecule has 0 atom stereocenters. The van der Waals surface area contributed by atoms with Crippen molar-refractivity contribution in [1.82, 2.24) is 13.3 Å². The molecule has 184 valence electrons. The Bertz CT molecular complexity index is 1540.